The lowest BCUT2D eigenvalue weighted by atomic mass is 9.98. The molecule has 12 heavy (non-hydrogen) atoms. The van der Waals surface area contributed by atoms with E-state index >= 15 is 0 Å². The monoisotopic (exact) mass is 171 g/mol. The molecule has 1 fully saturated rings. The number of likely N-dealkylation sites (N-methyl/N-ethyl adjacent to an activating group) is 1. The number of hydrogen-bond donors (Lipinski definition) is 1. The van der Waals surface area contributed by atoms with Gasteiger partial charge in [0, 0.05) is 5.92 Å². The maximum Gasteiger partial charge on any atom is 0.179 e. The predicted octanol–water partition coefficient (Wildman–Crippen LogP) is 0.694. The maximum atomic E-state index is 10.8. The van der Waals surface area contributed by atoms with Crippen molar-refractivity contribution in [2.24, 2.45) is 11.8 Å². The van der Waals surface area contributed by atoms with Crippen LogP contribution in [0.5, 0.6) is 0 Å². The second kappa shape index (κ2) is 3.54. The van der Waals surface area contributed by atoms with E-state index in [-0.39, 0.29) is 10.6 Å². The summed E-state index contributed by atoms with van der Waals surface area (Å²) in [5.74, 6) is 6.39. The van der Waals surface area contributed by atoms with E-state index in [1.165, 1.54) is 25.7 Å². The van der Waals surface area contributed by atoms with Crippen LogP contribution in [-0.4, -0.2) is 31.0 Å². The summed E-state index contributed by atoms with van der Waals surface area (Å²) in [7, 11) is 3.77. The quantitative estimate of drug-likeness (QED) is 0.294. The van der Waals surface area contributed by atoms with E-state index in [9.17, 15) is 4.79 Å². The molecule has 70 valence electrons. The smallest absolute Gasteiger partial charge is 0.179 e. The zero-order chi connectivity index (χ0) is 9.19. The SMILES string of the molecule is C[N+](C)(N)C(C=O)C1CCCC1. The second-order valence-corrected chi connectivity index (χ2v) is 4.30. The van der Waals surface area contributed by atoms with E-state index in [2.05, 4.69) is 0 Å². The first kappa shape index (κ1) is 9.68. The molecule has 0 aromatic heterocycles. The summed E-state index contributed by atoms with van der Waals surface area (Å²) in [4.78, 5) is 10.8. The molecule has 0 heterocycles. The van der Waals surface area contributed by atoms with Crippen molar-refractivity contribution in [3.63, 3.8) is 0 Å². The Morgan fingerprint density at radius 1 is 1.42 bits per heavy atom. The fourth-order valence-electron chi connectivity index (χ4n) is 2.11. The summed E-state index contributed by atoms with van der Waals surface area (Å²) in [5.41, 5.74) is 0. The molecule has 3 heteroatoms. The van der Waals surface area contributed by atoms with Gasteiger partial charge in [-0.1, -0.05) is 12.8 Å². The van der Waals surface area contributed by atoms with Crippen LogP contribution in [0.2, 0.25) is 0 Å². The molecule has 1 aliphatic carbocycles. The van der Waals surface area contributed by atoms with Crippen molar-refractivity contribution >= 4 is 6.29 Å². The van der Waals surface area contributed by atoms with E-state index in [1.54, 1.807) is 0 Å². The topological polar surface area (TPSA) is 43.1 Å². The molecule has 0 saturated heterocycles. The standard InChI is InChI=1S/C9H19N2O/c1-11(2,10)9(7-12)8-5-3-4-6-8/h7-9H,3-6,10H2,1-2H3/q+1. The number of hydrogen-bond acceptors (Lipinski definition) is 2. The van der Waals surface area contributed by atoms with E-state index in [0.29, 0.717) is 5.92 Å². The molecule has 0 bridgehead atoms. The Hall–Kier alpha value is -0.410. The van der Waals surface area contributed by atoms with Gasteiger partial charge in [-0.25, -0.2) is 4.59 Å². The molecule has 1 atom stereocenters. The van der Waals surface area contributed by atoms with Gasteiger partial charge in [-0.05, 0) is 12.8 Å². The molecule has 3 nitrogen and oxygen atoms in total. The van der Waals surface area contributed by atoms with Crippen molar-refractivity contribution in [1.29, 1.82) is 0 Å². The van der Waals surface area contributed by atoms with Crippen LogP contribution in [0.4, 0.5) is 0 Å². The van der Waals surface area contributed by atoms with Crippen LogP contribution in [0, 0.1) is 5.92 Å². The first-order valence-electron chi connectivity index (χ1n) is 4.63. The lowest BCUT2D eigenvalue weighted by molar-refractivity contribution is -0.920. The van der Waals surface area contributed by atoms with Gasteiger partial charge in [-0.2, -0.15) is 5.84 Å². The van der Waals surface area contributed by atoms with E-state index < -0.39 is 0 Å². The third-order valence-electron chi connectivity index (χ3n) is 2.79. The average molecular weight is 171 g/mol. The summed E-state index contributed by atoms with van der Waals surface area (Å²) >= 11 is 0. The third-order valence-corrected chi connectivity index (χ3v) is 2.79. The first-order valence-corrected chi connectivity index (χ1v) is 4.63. The van der Waals surface area contributed by atoms with Gasteiger partial charge in [0.1, 0.15) is 0 Å². The fourth-order valence-corrected chi connectivity index (χ4v) is 2.11. The number of rotatable bonds is 3. The Kier molecular flexibility index (Phi) is 2.85. The van der Waals surface area contributed by atoms with Crippen LogP contribution in [0.1, 0.15) is 25.7 Å². The van der Waals surface area contributed by atoms with Gasteiger partial charge in [0.05, 0.1) is 14.1 Å². The molecule has 0 spiro atoms. The van der Waals surface area contributed by atoms with Crippen LogP contribution in [0.25, 0.3) is 0 Å². The van der Waals surface area contributed by atoms with Crippen LogP contribution < -0.4 is 5.84 Å². The van der Waals surface area contributed by atoms with Gasteiger partial charge in [0.25, 0.3) is 0 Å². The van der Waals surface area contributed by atoms with Gasteiger partial charge in [0.2, 0.25) is 0 Å². The Morgan fingerprint density at radius 2 is 1.92 bits per heavy atom. The molecule has 1 unspecified atom stereocenters. The van der Waals surface area contributed by atoms with Gasteiger partial charge in [0.15, 0.2) is 12.3 Å². The Morgan fingerprint density at radius 3 is 2.25 bits per heavy atom. The summed E-state index contributed by atoms with van der Waals surface area (Å²) in [6.07, 6.45) is 5.88. The Labute approximate surface area is 74.1 Å². The lowest BCUT2D eigenvalue weighted by Crippen LogP contribution is -2.58. The average Bonchev–Trinajstić information content (AvgIpc) is 2.38. The number of aldehydes is 1. The fraction of sp³-hybridized carbons (Fsp3) is 0.889. The van der Waals surface area contributed by atoms with Crippen LogP contribution >= 0.6 is 0 Å². The van der Waals surface area contributed by atoms with Gasteiger partial charge in [-0.15, -0.1) is 0 Å². The minimum atomic E-state index is -0.00694. The predicted molar refractivity (Wildman–Crippen MR) is 48.1 cm³/mol. The minimum Gasteiger partial charge on any atom is -0.297 e. The molecule has 0 aromatic carbocycles. The third kappa shape index (κ3) is 2.05. The van der Waals surface area contributed by atoms with E-state index in [1.807, 2.05) is 14.1 Å². The highest BCUT2D eigenvalue weighted by Gasteiger charge is 2.34. The number of nitrogens with two attached hydrogens (primary N) is 1. The normalized spacial score (nSPS) is 22.6. The van der Waals surface area contributed by atoms with Gasteiger partial charge in [-0.3, -0.25) is 4.79 Å². The van der Waals surface area contributed by atoms with Crippen LogP contribution in [0.3, 0.4) is 0 Å². The van der Waals surface area contributed by atoms with Crippen LogP contribution in [-0.2, 0) is 4.79 Å². The molecule has 1 rings (SSSR count). The largest absolute Gasteiger partial charge is 0.297 e. The second-order valence-electron chi connectivity index (χ2n) is 4.30. The van der Waals surface area contributed by atoms with Crippen molar-refractivity contribution in [1.82, 2.24) is 0 Å². The number of quaternary nitrogens is 1. The number of nitrogens with zero attached hydrogens (tertiary/aromatic N) is 1. The Balaban J connectivity index is 2.60. The zero-order valence-corrected chi connectivity index (χ0v) is 7.99. The van der Waals surface area contributed by atoms with Crippen molar-refractivity contribution in [3.8, 4) is 0 Å². The number of carbonyl (C=O) groups excluding carboxylic acids is 1. The van der Waals surface area contributed by atoms with E-state index in [4.69, 9.17) is 5.84 Å². The lowest BCUT2D eigenvalue weighted by Gasteiger charge is -2.32. The molecule has 1 aliphatic rings. The molecule has 0 radical (unpaired) electrons. The van der Waals surface area contributed by atoms with Crippen molar-refractivity contribution in [2.45, 2.75) is 31.7 Å². The van der Waals surface area contributed by atoms with Crippen molar-refractivity contribution in [3.05, 3.63) is 0 Å². The highest BCUT2D eigenvalue weighted by Crippen LogP contribution is 2.29. The van der Waals surface area contributed by atoms with Gasteiger partial charge >= 0.3 is 0 Å². The zero-order valence-electron chi connectivity index (χ0n) is 7.99. The summed E-state index contributed by atoms with van der Waals surface area (Å²) in [5, 5.41) is 0. The van der Waals surface area contributed by atoms with Crippen molar-refractivity contribution < 1.29 is 9.39 Å². The van der Waals surface area contributed by atoms with E-state index in [0.717, 1.165) is 6.29 Å². The van der Waals surface area contributed by atoms with Crippen molar-refractivity contribution in [2.75, 3.05) is 14.1 Å². The molecule has 1 saturated carbocycles. The highest BCUT2D eigenvalue weighted by atomic mass is 16.1. The highest BCUT2D eigenvalue weighted by molar-refractivity contribution is 5.56. The molecule has 0 amide bonds. The summed E-state index contributed by atoms with van der Waals surface area (Å²) in [6.45, 7) is 0. The molecular weight excluding hydrogens is 152 g/mol. The molecule has 0 aromatic rings. The van der Waals surface area contributed by atoms with Gasteiger partial charge < -0.3 is 0 Å². The number of carbonyl (C=O) groups is 1. The molecule has 2 N–H and O–H groups in total. The summed E-state index contributed by atoms with van der Waals surface area (Å²) in [6, 6.07) is -0.00694. The maximum absolute atomic E-state index is 10.8. The first-order chi connectivity index (χ1) is 5.55. The van der Waals surface area contributed by atoms with Crippen LogP contribution in [0.15, 0.2) is 0 Å². The summed E-state index contributed by atoms with van der Waals surface area (Å²) < 4.78 is 0.286. The minimum absolute atomic E-state index is 0.00694. The molecule has 0 aliphatic heterocycles. The molecular formula is C9H19N2O+. The Bertz CT molecular complexity index is 156.